The van der Waals surface area contributed by atoms with Gasteiger partial charge in [0.05, 0.1) is 31.4 Å². The molecule has 1 atom stereocenters. The lowest BCUT2D eigenvalue weighted by molar-refractivity contribution is -0.122. The zero-order chi connectivity index (χ0) is 20.9. The Morgan fingerprint density at radius 2 is 2.03 bits per heavy atom. The van der Waals surface area contributed by atoms with E-state index in [1.807, 2.05) is 47.0 Å². The summed E-state index contributed by atoms with van der Waals surface area (Å²) in [6.07, 6.45) is 2.76. The molecule has 0 aliphatic carbocycles. The number of hydrogen-bond donors (Lipinski definition) is 1. The van der Waals surface area contributed by atoms with E-state index in [9.17, 15) is 4.79 Å². The molecule has 1 aliphatic heterocycles. The smallest absolute Gasteiger partial charge is 0.240 e. The number of para-hydroxylation sites is 2. The van der Waals surface area contributed by atoms with Gasteiger partial charge in [0.15, 0.2) is 11.5 Å². The maximum atomic E-state index is 12.6. The number of carbonyl (C=O) groups excluding carboxylic acids is 1. The van der Waals surface area contributed by atoms with Crippen LogP contribution in [0.2, 0.25) is 0 Å². The molecule has 1 N–H and O–H groups in total. The second-order valence-electron chi connectivity index (χ2n) is 7.41. The van der Waals surface area contributed by atoms with Crippen molar-refractivity contribution in [1.82, 2.24) is 14.9 Å². The second kappa shape index (κ2) is 9.17. The maximum Gasteiger partial charge on any atom is 0.240 e. The molecule has 2 aromatic carbocycles. The van der Waals surface area contributed by atoms with Gasteiger partial charge in [0.25, 0.3) is 0 Å². The van der Waals surface area contributed by atoms with Crippen molar-refractivity contribution in [3.63, 3.8) is 0 Å². The van der Waals surface area contributed by atoms with E-state index in [1.54, 1.807) is 14.2 Å². The number of ether oxygens (including phenoxy) is 3. The Morgan fingerprint density at radius 3 is 2.80 bits per heavy atom. The van der Waals surface area contributed by atoms with E-state index in [-0.39, 0.29) is 18.6 Å². The summed E-state index contributed by atoms with van der Waals surface area (Å²) in [7, 11) is 3.24. The molecule has 1 saturated heterocycles. The van der Waals surface area contributed by atoms with Crippen LogP contribution in [0.5, 0.6) is 11.5 Å². The first-order valence-corrected chi connectivity index (χ1v) is 10.2. The topological polar surface area (TPSA) is 74.6 Å². The molecule has 0 saturated carbocycles. The summed E-state index contributed by atoms with van der Waals surface area (Å²) in [4.78, 5) is 17.4. The fourth-order valence-electron chi connectivity index (χ4n) is 3.84. The van der Waals surface area contributed by atoms with Gasteiger partial charge in [-0.05, 0) is 42.7 Å². The van der Waals surface area contributed by atoms with Crippen molar-refractivity contribution in [2.24, 2.45) is 0 Å². The molecule has 0 radical (unpaired) electrons. The van der Waals surface area contributed by atoms with Crippen molar-refractivity contribution in [3.8, 4) is 11.5 Å². The fraction of sp³-hybridized carbons (Fsp3) is 0.391. The maximum absolute atomic E-state index is 12.6. The zero-order valence-electron chi connectivity index (χ0n) is 17.4. The lowest BCUT2D eigenvalue weighted by Crippen LogP contribution is -2.34. The van der Waals surface area contributed by atoms with E-state index in [0.717, 1.165) is 41.9 Å². The molecule has 1 aliphatic rings. The molecule has 1 fully saturated rings. The second-order valence-corrected chi connectivity index (χ2v) is 7.41. The van der Waals surface area contributed by atoms with Crippen molar-refractivity contribution < 1.29 is 19.0 Å². The van der Waals surface area contributed by atoms with Gasteiger partial charge >= 0.3 is 0 Å². The Kier molecular flexibility index (Phi) is 6.18. The van der Waals surface area contributed by atoms with Gasteiger partial charge in [-0.15, -0.1) is 0 Å². The van der Waals surface area contributed by atoms with Crippen LogP contribution in [-0.2, 0) is 22.5 Å². The number of benzene rings is 2. The first-order valence-electron chi connectivity index (χ1n) is 10.2. The molecule has 1 amide bonds. The Hall–Kier alpha value is -3.06. The van der Waals surface area contributed by atoms with Crippen molar-refractivity contribution in [2.75, 3.05) is 27.4 Å². The highest BCUT2D eigenvalue weighted by atomic mass is 16.5. The third-order valence-electron chi connectivity index (χ3n) is 5.40. The van der Waals surface area contributed by atoms with E-state index >= 15 is 0 Å². The van der Waals surface area contributed by atoms with E-state index in [0.29, 0.717) is 24.5 Å². The van der Waals surface area contributed by atoms with Gasteiger partial charge in [-0.1, -0.05) is 18.2 Å². The van der Waals surface area contributed by atoms with Crippen LogP contribution in [0.3, 0.4) is 0 Å². The van der Waals surface area contributed by atoms with Crippen molar-refractivity contribution >= 4 is 16.9 Å². The van der Waals surface area contributed by atoms with Crippen LogP contribution < -0.4 is 14.8 Å². The summed E-state index contributed by atoms with van der Waals surface area (Å²) in [6.45, 7) is 1.55. The number of rotatable bonds is 8. The highest BCUT2D eigenvalue weighted by Gasteiger charge is 2.18. The molecule has 0 bridgehead atoms. The number of hydrogen-bond acceptors (Lipinski definition) is 5. The average molecular weight is 409 g/mol. The van der Waals surface area contributed by atoms with Crippen LogP contribution in [0.1, 0.15) is 24.2 Å². The summed E-state index contributed by atoms with van der Waals surface area (Å²) >= 11 is 0. The molecular formula is C23H27N3O4. The lowest BCUT2D eigenvalue weighted by atomic mass is 10.1. The minimum absolute atomic E-state index is 0.0396. The molecule has 1 unspecified atom stereocenters. The quantitative estimate of drug-likeness (QED) is 0.619. The van der Waals surface area contributed by atoms with E-state index in [2.05, 4.69) is 5.32 Å². The van der Waals surface area contributed by atoms with Crippen LogP contribution in [-0.4, -0.2) is 48.9 Å². The van der Waals surface area contributed by atoms with Gasteiger partial charge in [-0.2, -0.15) is 0 Å². The monoisotopic (exact) mass is 409 g/mol. The normalized spacial score (nSPS) is 16.0. The lowest BCUT2D eigenvalue weighted by Gasteiger charge is -2.13. The molecule has 3 aromatic rings. The van der Waals surface area contributed by atoms with Gasteiger partial charge in [-0.3, -0.25) is 4.79 Å². The highest BCUT2D eigenvalue weighted by molar-refractivity contribution is 5.81. The first kappa shape index (κ1) is 20.2. The van der Waals surface area contributed by atoms with Crippen LogP contribution in [0, 0.1) is 0 Å². The van der Waals surface area contributed by atoms with Crippen molar-refractivity contribution in [2.45, 2.75) is 31.9 Å². The minimum atomic E-state index is -0.0396. The summed E-state index contributed by atoms with van der Waals surface area (Å²) < 4.78 is 18.3. The van der Waals surface area contributed by atoms with Crippen LogP contribution in [0.15, 0.2) is 42.5 Å². The van der Waals surface area contributed by atoms with E-state index in [1.165, 1.54) is 0 Å². The number of carbonyl (C=O) groups is 1. The van der Waals surface area contributed by atoms with Crippen molar-refractivity contribution in [1.29, 1.82) is 0 Å². The Balaban J connectivity index is 1.56. The number of fused-ring (bicyclic) bond motifs is 1. The van der Waals surface area contributed by atoms with Gasteiger partial charge in [0.1, 0.15) is 12.4 Å². The average Bonchev–Trinajstić information content (AvgIpc) is 3.40. The molecule has 7 nitrogen and oxygen atoms in total. The molecule has 7 heteroatoms. The van der Waals surface area contributed by atoms with E-state index in [4.69, 9.17) is 19.2 Å². The molecule has 30 heavy (non-hydrogen) atoms. The summed E-state index contributed by atoms with van der Waals surface area (Å²) in [5.74, 6) is 2.15. The van der Waals surface area contributed by atoms with Crippen LogP contribution >= 0.6 is 0 Å². The summed E-state index contributed by atoms with van der Waals surface area (Å²) in [5, 5.41) is 3.00. The largest absolute Gasteiger partial charge is 0.493 e. The fourth-order valence-corrected chi connectivity index (χ4v) is 3.84. The van der Waals surface area contributed by atoms with Gasteiger partial charge in [0, 0.05) is 19.6 Å². The number of aromatic nitrogens is 2. The van der Waals surface area contributed by atoms with E-state index < -0.39 is 0 Å². The molecule has 2 heterocycles. The Morgan fingerprint density at radius 1 is 1.20 bits per heavy atom. The Bertz CT molecular complexity index is 1020. The molecule has 4 rings (SSSR count). The zero-order valence-corrected chi connectivity index (χ0v) is 17.4. The van der Waals surface area contributed by atoms with Gasteiger partial charge in [0.2, 0.25) is 5.91 Å². The van der Waals surface area contributed by atoms with Gasteiger partial charge < -0.3 is 24.1 Å². The Labute approximate surface area is 176 Å². The highest BCUT2D eigenvalue weighted by Crippen LogP contribution is 2.29. The van der Waals surface area contributed by atoms with Crippen LogP contribution in [0.25, 0.3) is 11.0 Å². The summed E-state index contributed by atoms with van der Waals surface area (Å²) in [5.41, 5.74) is 2.85. The van der Waals surface area contributed by atoms with Crippen LogP contribution in [0.4, 0.5) is 0 Å². The third kappa shape index (κ3) is 4.41. The predicted octanol–water partition coefficient (Wildman–Crippen LogP) is 2.94. The van der Waals surface area contributed by atoms with Crippen molar-refractivity contribution in [3.05, 3.63) is 53.9 Å². The third-order valence-corrected chi connectivity index (χ3v) is 5.40. The molecular weight excluding hydrogens is 382 g/mol. The standard InChI is InChI=1S/C23H27N3O4/c1-28-20-10-9-16(12-21(20)29-2)13-22-25-18-7-3-4-8-19(18)26(22)15-23(27)24-14-17-6-5-11-30-17/h3-4,7-10,12,17H,5-6,11,13-15H2,1-2H3,(H,24,27). The molecule has 1 aromatic heterocycles. The molecule has 0 spiro atoms. The number of amides is 1. The number of imidazole rings is 1. The predicted molar refractivity (Wildman–Crippen MR) is 114 cm³/mol. The number of nitrogens with one attached hydrogen (secondary N) is 1. The SMILES string of the molecule is COc1ccc(Cc2nc3ccccc3n2CC(=O)NCC2CCCO2)cc1OC. The number of nitrogens with zero attached hydrogens (tertiary/aromatic N) is 2. The number of methoxy groups -OCH3 is 2. The first-order chi connectivity index (χ1) is 14.7. The minimum Gasteiger partial charge on any atom is -0.493 e. The summed E-state index contributed by atoms with van der Waals surface area (Å²) in [6, 6.07) is 13.7. The van der Waals surface area contributed by atoms with Gasteiger partial charge in [-0.25, -0.2) is 4.98 Å². The molecule has 158 valence electrons.